The van der Waals surface area contributed by atoms with Crippen LogP contribution in [0.2, 0.25) is 0 Å². The van der Waals surface area contributed by atoms with Crippen LogP contribution in [-0.2, 0) is 4.74 Å². The Morgan fingerprint density at radius 1 is 1.19 bits per heavy atom. The van der Waals surface area contributed by atoms with Gasteiger partial charge < -0.3 is 10.5 Å². The summed E-state index contributed by atoms with van der Waals surface area (Å²) in [5.74, 6) is 0.228. The van der Waals surface area contributed by atoms with Crippen LogP contribution in [0.5, 0.6) is 0 Å². The predicted molar refractivity (Wildman–Crippen MR) is 86.5 cm³/mol. The van der Waals surface area contributed by atoms with E-state index in [9.17, 15) is 0 Å². The van der Waals surface area contributed by atoms with Crippen LogP contribution in [0.1, 0.15) is 45.7 Å². The minimum absolute atomic E-state index is 0.131. The van der Waals surface area contributed by atoms with E-state index < -0.39 is 0 Å². The van der Waals surface area contributed by atoms with E-state index in [0.29, 0.717) is 6.42 Å². The Kier molecular flexibility index (Phi) is 4.40. The minimum Gasteiger partial charge on any atom is -0.388 e. The molecule has 0 amide bonds. The molecule has 4 nitrogen and oxygen atoms in total. The van der Waals surface area contributed by atoms with Gasteiger partial charge in [0.2, 0.25) is 0 Å². The van der Waals surface area contributed by atoms with Gasteiger partial charge in [-0.3, -0.25) is 10.3 Å². The summed E-state index contributed by atoms with van der Waals surface area (Å²) in [4.78, 5) is 2.40. The van der Waals surface area contributed by atoms with Crippen molar-refractivity contribution in [1.29, 1.82) is 5.41 Å². The second-order valence-electron chi connectivity index (χ2n) is 7.18. The number of hydrogen-bond donors (Lipinski definition) is 2. The molecule has 0 aromatic heterocycles. The normalized spacial score (nSPS) is 22.7. The van der Waals surface area contributed by atoms with Crippen molar-refractivity contribution < 1.29 is 4.74 Å². The molecule has 1 aliphatic rings. The van der Waals surface area contributed by atoms with Crippen molar-refractivity contribution >= 4 is 5.84 Å². The number of ether oxygens (including phenoxy) is 1. The monoisotopic (exact) mass is 289 g/mol. The molecule has 21 heavy (non-hydrogen) atoms. The molecule has 1 aromatic rings. The number of benzene rings is 1. The zero-order chi connectivity index (χ0) is 15.7. The van der Waals surface area contributed by atoms with E-state index in [1.165, 1.54) is 5.56 Å². The molecule has 1 heterocycles. The maximum atomic E-state index is 7.71. The van der Waals surface area contributed by atoms with E-state index in [1.54, 1.807) is 0 Å². The first-order valence-corrected chi connectivity index (χ1v) is 7.51. The fourth-order valence-electron chi connectivity index (χ4n) is 3.41. The summed E-state index contributed by atoms with van der Waals surface area (Å²) in [6.07, 6.45) is 0.552. The van der Waals surface area contributed by atoms with Gasteiger partial charge in [0.15, 0.2) is 0 Å². The van der Waals surface area contributed by atoms with Crippen LogP contribution >= 0.6 is 0 Å². The van der Waals surface area contributed by atoms with E-state index >= 15 is 0 Å². The summed E-state index contributed by atoms with van der Waals surface area (Å²) < 4.78 is 6.16. The summed E-state index contributed by atoms with van der Waals surface area (Å²) in [7, 11) is 0. The number of rotatable bonds is 4. The van der Waals surface area contributed by atoms with Gasteiger partial charge >= 0.3 is 0 Å². The van der Waals surface area contributed by atoms with Crippen LogP contribution in [0.25, 0.3) is 0 Å². The van der Waals surface area contributed by atoms with E-state index in [2.05, 4.69) is 44.7 Å². The van der Waals surface area contributed by atoms with Gasteiger partial charge in [-0.05, 0) is 33.3 Å². The number of amidine groups is 1. The van der Waals surface area contributed by atoms with E-state index in [4.69, 9.17) is 15.9 Å². The summed E-state index contributed by atoms with van der Waals surface area (Å²) >= 11 is 0. The zero-order valence-corrected chi connectivity index (χ0v) is 13.5. The number of morpholine rings is 1. The van der Waals surface area contributed by atoms with Gasteiger partial charge in [-0.15, -0.1) is 0 Å². The fourth-order valence-corrected chi connectivity index (χ4v) is 3.41. The Balaban J connectivity index is 2.30. The molecule has 1 saturated heterocycles. The molecule has 0 bridgehead atoms. The smallest absolute Gasteiger partial charge is 0.0924 e. The second kappa shape index (κ2) is 5.78. The maximum Gasteiger partial charge on any atom is 0.0924 e. The first-order chi connectivity index (χ1) is 9.69. The lowest BCUT2D eigenvalue weighted by molar-refractivity contribution is -0.187. The average Bonchev–Trinajstić information content (AvgIpc) is 2.33. The molecular weight excluding hydrogens is 262 g/mol. The number of nitrogens with one attached hydrogen (secondary N) is 1. The highest BCUT2D eigenvalue weighted by Gasteiger charge is 2.40. The zero-order valence-electron chi connectivity index (χ0n) is 13.5. The van der Waals surface area contributed by atoms with Gasteiger partial charge in [-0.25, -0.2) is 0 Å². The Morgan fingerprint density at radius 3 is 2.19 bits per heavy atom. The van der Waals surface area contributed by atoms with Crippen molar-refractivity contribution in [3.05, 3.63) is 35.9 Å². The van der Waals surface area contributed by atoms with Crippen LogP contribution in [0.4, 0.5) is 0 Å². The van der Waals surface area contributed by atoms with E-state index in [-0.39, 0.29) is 23.1 Å². The first-order valence-electron chi connectivity index (χ1n) is 7.51. The van der Waals surface area contributed by atoms with Crippen molar-refractivity contribution in [2.24, 2.45) is 5.73 Å². The van der Waals surface area contributed by atoms with E-state index in [1.807, 2.05) is 18.2 Å². The third-order valence-corrected chi connectivity index (χ3v) is 3.76. The Morgan fingerprint density at radius 2 is 1.71 bits per heavy atom. The average molecular weight is 289 g/mol. The summed E-state index contributed by atoms with van der Waals surface area (Å²) in [6, 6.07) is 10.5. The van der Waals surface area contributed by atoms with Crippen LogP contribution in [0.3, 0.4) is 0 Å². The summed E-state index contributed by atoms with van der Waals surface area (Å²) in [6.45, 7) is 10.2. The van der Waals surface area contributed by atoms with Crippen LogP contribution in [0, 0.1) is 5.41 Å². The van der Waals surface area contributed by atoms with Gasteiger partial charge in [0.25, 0.3) is 0 Å². The predicted octanol–water partition coefficient (Wildman–Crippen LogP) is 2.94. The molecular formula is C17H27N3O. The Bertz CT molecular complexity index is 480. The topological polar surface area (TPSA) is 62.3 Å². The van der Waals surface area contributed by atoms with Gasteiger partial charge in [0.1, 0.15) is 0 Å². The lowest BCUT2D eigenvalue weighted by Crippen LogP contribution is -2.58. The molecule has 0 radical (unpaired) electrons. The summed E-state index contributed by atoms with van der Waals surface area (Å²) in [5, 5.41) is 7.71. The van der Waals surface area contributed by atoms with Crippen molar-refractivity contribution in [3.8, 4) is 0 Å². The Labute approximate surface area is 127 Å². The molecule has 1 aromatic carbocycles. The summed E-state index contributed by atoms with van der Waals surface area (Å²) in [5.41, 5.74) is 6.50. The van der Waals surface area contributed by atoms with Gasteiger partial charge in [0, 0.05) is 25.6 Å². The maximum absolute atomic E-state index is 7.71. The molecule has 0 aliphatic carbocycles. The SMILES string of the molecule is CC1(C)CN(C(CC(=N)N)c2ccccc2)CC(C)(C)O1. The largest absolute Gasteiger partial charge is 0.388 e. The molecule has 1 unspecified atom stereocenters. The highest BCUT2D eigenvalue weighted by atomic mass is 16.5. The third-order valence-electron chi connectivity index (χ3n) is 3.76. The first kappa shape index (κ1) is 16.0. The van der Waals surface area contributed by atoms with Crippen molar-refractivity contribution in [2.45, 2.75) is 51.4 Å². The molecule has 2 rings (SSSR count). The van der Waals surface area contributed by atoms with Crippen LogP contribution in [0.15, 0.2) is 30.3 Å². The molecule has 1 atom stereocenters. The highest BCUT2D eigenvalue weighted by Crippen LogP contribution is 2.34. The van der Waals surface area contributed by atoms with Gasteiger partial charge in [-0.2, -0.15) is 0 Å². The number of nitrogens with zero attached hydrogens (tertiary/aromatic N) is 1. The molecule has 3 N–H and O–H groups in total. The lowest BCUT2D eigenvalue weighted by atomic mass is 9.93. The van der Waals surface area contributed by atoms with Crippen LogP contribution in [-0.4, -0.2) is 35.0 Å². The second-order valence-corrected chi connectivity index (χ2v) is 7.18. The minimum atomic E-state index is -0.203. The standard InChI is InChI=1S/C17H27N3O/c1-16(2)11-20(12-17(3,4)21-16)14(10-15(18)19)13-8-6-5-7-9-13/h5-9,14H,10-12H2,1-4H3,(H3,18,19). The van der Waals surface area contributed by atoms with Crippen LogP contribution < -0.4 is 5.73 Å². The lowest BCUT2D eigenvalue weighted by Gasteiger charge is -2.49. The van der Waals surface area contributed by atoms with Crippen molar-refractivity contribution in [2.75, 3.05) is 13.1 Å². The molecule has 1 fully saturated rings. The molecule has 116 valence electrons. The third kappa shape index (κ3) is 4.29. The van der Waals surface area contributed by atoms with Gasteiger partial charge in [-0.1, -0.05) is 30.3 Å². The number of nitrogens with two attached hydrogens (primary N) is 1. The van der Waals surface area contributed by atoms with Crippen molar-refractivity contribution in [3.63, 3.8) is 0 Å². The van der Waals surface area contributed by atoms with E-state index in [0.717, 1.165) is 13.1 Å². The Hall–Kier alpha value is -1.39. The van der Waals surface area contributed by atoms with Gasteiger partial charge in [0.05, 0.1) is 17.0 Å². The fraction of sp³-hybridized carbons (Fsp3) is 0.588. The highest BCUT2D eigenvalue weighted by molar-refractivity contribution is 5.77. The quantitative estimate of drug-likeness (QED) is 0.661. The molecule has 1 aliphatic heterocycles. The molecule has 4 heteroatoms. The molecule has 0 spiro atoms. The van der Waals surface area contributed by atoms with Crippen molar-refractivity contribution in [1.82, 2.24) is 4.90 Å². The number of hydrogen-bond acceptors (Lipinski definition) is 3. The molecule has 0 saturated carbocycles.